The third-order valence-corrected chi connectivity index (χ3v) is 4.45. The fourth-order valence-corrected chi connectivity index (χ4v) is 3.29. The number of nitriles is 1. The van der Waals surface area contributed by atoms with Gasteiger partial charge in [0.15, 0.2) is 0 Å². The Kier molecular flexibility index (Phi) is 4.26. The predicted molar refractivity (Wildman–Crippen MR) is 86.3 cm³/mol. The maximum absolute atomic E-state index is 8.88. The van der Waals surface area contributed by atoms with E-state index in [0.717, 1.165) is 30.9 Å². The molecular formula is C18H22N4. The van der Waals surface area contributed by atoms with E-state index >= 15 is 0 Å². The first-order valence-corrected chi connectivity index (χ1v) is 7.90. The molecule has 0 radical (unpaired) electrons. The van der Waals surface area contributed by atoms with Gasteiger partial charge >= 0.3 is 0 Å². The van der Waals surface area contributed by atoms with Crippen molar-refractivity contribution in [2.75, 3.05) is 6.54 Å². The zero-order valence-corrected chi connectivity index (χ0v) is 13.3. The summed E-state index contributed by atoms with van der Waals surface area (Å²) in [5.74, 6) is 0. The molecule has 1 aliphatic rings. The van der Waals surface area contributed by atoms with Crippen LogP contribution in [0, 0.1) is 25.2 Å². The summed E-state index contributed by atoms with van der Waals surface area (Å²) < 4.78 is 2.14. The van der Waals surface area contributed by atoms with E-state index < -0.39 is 0 Å². The minimum absolute atomic E-state index is 0.550. The molecular weight excluding hydrogens is 272 g/mol. The topological polar surface area (TPSA) is 44.9 Å². The molecule has 1 atom stereocenters. The highest BCUT2D eigenvalue weighted by molar-refractivity contribution is 5.31. The van der Waals surface area contributed by atoms with Gasteiger partial charge < -0.3 is 0 Å². The summed E-state index contributed by atoms with van der Waals surface area (Å²) in [6, 6.07) is 12.8. The maximum Gasteiger partial charge on any atom is 0.0991 e. The predicted octanol–water partition coefficient (Wildman–Crippen LogP) is 3.04. The number of aromatic nitrogens is 2. The van der Waals surface area contributed by atoms with Crippen molar-refractivity contribution in [3.8, 4) is 6.07 Å². The first-order chi connectivity index (χ1) is 10.7. The van der Waals surface area contributed by atoms with Crippen molar-refractivity contribution >= 4 is 0 Å². The number of benzene rings is 1. The van der Waals surface area contributed by atoms with Gasteiger partial charge in [0.05, 0.1) is 23.9 Å². The van der Waals surface area contributed by atoms with Crippen molar-refractivity contribution in [3.05, 3.63) is 52.8 Å². The highest BCUT2D eigenvalue weighted by atomic mass is 15.3. The maximum atomic E-state index is 8.88. The Labute approximate surface area is 132 Å². The number of nitrogens with zero attached hydrogens (tertiary/aromatic N) is 4. The van der Waals surface area contributed by atoms with Crippen LogP contribution < -0.4 is 0 Å². The van der Waals surface area contributed by atoms with Gasteiger partial charge in [0.1, 0.15) is 0 Å². The molecule has 22 heavy (non-hydrogen) atoms. The molecule has 2 heterocycles. The lowest BCUT2D eigenvalue weighted by atomic mass is 10.1. The van der Waals surface area contributed by atoms with Crippen LogP contribution in [0.1, 0.15) is 35.4 Å². The van der Waals surface area contributed by atoms with Gasteiger partial charge in [-0.05, 0) is 57.0 Å². The molecule has 0 N–H and O–H groups in total. The molecule has 4 heteroatoms. The van der Waals surface area contributed by atoms with Crippen LogP contribution in [-0.2, 0) is 13.1 Å². The van der Waals surface area contributed by atoms with E-state index in [0.29, 0.717) is 6.04 Å². The van der Waals surface area contributed by atoms with Crippen molar-refractivity contribution in [1.29, 1.82) is 5.26 Å². The quantitative estimate of drug-likeness (QED) is 0.870. The number of hydrogen-bond acceptors (Lipinski definition) is 3. The zero-order chi connectivity index (χ0) is 15.5. The van der Waals surface area contributed by atoms with Gasteiger partial charge in [-0.1, -0.05) is 12.1 Å². The molecule has 1 fully saturated rings. The highest BCUT2D eigenvalue weighted by Crippen LogP contribution is 2.22. The van der Waals surface area contributed by atoms with E-state index in [1.54, 1.807) is 0 Å². The Morgan fingerprint density at radius 3 is 2.68 bits per heavy atom. The van der Waals surface area contributed by atoms with Crippen LogP contribution in [0.25, 0.3) is 0 Å². The first-order valence-electron chi connectivity index (χ1n) is 7.90. The average molecular weight is 294 g/mol. The van der Waals surface area contributed by atoms with E-state index in [1.807, 2.05) is 19.1 Å². The van der Waals surface area contributed by atoms with Crippen LogP contribution in [0.3, 0.4) is 0 Å². The van der Waals surface area contributed by atoms with Crippen LogP contribution in [0.15, 0.2) is 30.3 Å². The second kappa shape index (κ2) is 6.33. The second-order valence-electron chi connectivity index (χ2n) is 6.18. The van der Waals surface area contributed by atoms with E-state index in [4.69, 9.17) is 5.26 Å². The standard InChI is InChI=1S/C18H22N4/c1-14-10-15(2)22(20-14)13-18-4-3-9-21(18)12-17-7-5-16(11-19)6-8-17/h5-8,10,18H,3-4,9,12-13H2,1-2H3/t18-/m0/s1. The molecule has 2 aromatic rings. The Morgan fingerprint density at radius 2 is 2.05 bits per heavy atom. The SMILES string of the molecule is Cc1cc(C)n(C[C@@H]2CCCN2Cc2ccc(C#N)cc2)n1. The van der Waals surface area contributed by atoms with Crippen LogP contribution in [-0.4, -0.2) is 27.3 Å². The average Bonchev–Trinajstić information content (AvgIpc) is 3.07. The highest BCUT2D eigenvalue weighted by Gasteiger charge is 2.25. The molecule has 4 nitrogen and oxygen atoms in total. The number of likely N-dealkylation sites (tertiary alicyclic amines) is 1. The number of rotatable bonds is 4. The molecule has 0 spiro atoms. The van der Waals surface area contributed by atoms with E-state index in [1.165, 1.54) is 24.1 Å². The van der Waals surface area contributed by atoms with Gasteiger partial charge in [-0.15, -0.1) is 0 Å². The zero-order valence-electron chi connectivity index (χ0n) is 13.3. The van der Waals surface area contributed by atoms with Gasteiger partial charge in [0.25, 0.3) is 0 Å². The lowest BCUT2D eigenvalue weighted by molar-refractivity contribution is 0.218. The summed E-state index contributed by atoms with van der Waals surface area (Å²) in [5.41, 5.74) is 4.33. The molecule has 114 valence electrons. The van der Waals surface area contributed by atoms with Crippen molar-refractivity contribution < 1.29 is 0 Å². The second-order valence-corrected chi connectivity index (χ2v) is 6.18. The summed E-state index contributed by atoms with van der Waals surface area (Å²) in [6.45, 7) is 7.24. The minimum Gasteiger partial charge on any atom is -0.294 e. The lowest BCUT2D eigenvalue weighted by Gasteiger charge is -2.25. The van der Waals surface area contributed by atoms with E-state index in [9.17, 15) is 0 Å². The molecule has 1 aliphatic heterocycles. The lowest BCUT2D eigenvalue weighted by Crippen LogP contribution is -2.33. The summed E-state index contributed by atoms with van der Waals surface area (Å²) in [4.78, 5) is 2.54. The van der Waals surface area contributed by atoms with E-state index in [2.05, 4.69) is 45.9 Å². The minimum atomic E-state index is 0.550. The molecule has 0 aliphatic carbocycles. The Hall–Kier alpha value is -2.12. The largest absolute Gasteiger partial charge is 0.294 e. The Bertz CT molecular complexity index is 678. The van der Waals surface area contributed by atoms with Crippen LogP contribution >= 0.6 is 0 Å². The molecule has 0 amide bonds. The number of aryl methyl sites for hydroxylation is 2. The summed E-state index contributed by atoms with van der Waals surface area (Å²) in [7, 11) is 0. The smallest absolute Gasteiger partial charge is 0.0991 e. The van der Waals surface area contributed by atoms with Crippen LogP contribution in [0.2, 0.25) is 0 Å². The molecule has 0 unspecified atom stereocenters. The van der Waals surface area contributed by atoms with E-state index in [-0.39, 0.29) is 0 Å². The monoisotopic (exact) mass is 294 g/mol. The van der Waals surface area contributed by atoms with Crippen molar-refractivity contribution in [2.45, 2.75) is 45.8 Å². The van der Waals surface area contributed by atoms with Crippen molar-refractivity contribution in [3.63, 3.8) is 0 Å². The Morgan fingerprint density at radius 1 is 1.27 bits per heavy atom. The molecule has 1 aromatic carbocycles. The molecule has 1 saturated heterocycles. The fraction of sp³-hybridized carbons (Fsp3) is 0.444. The third-order valence-electron chi connectivity index (χ3n) is 4.45. The molecule has 1 aromatic heterocycles. The van der Waals surface area contributed by atoms with Crippen LogP contribution in [0.5, 0.6) is 0 Å². The first kappa shape index (κ1) is 14.8. The molecule has 0 saturated carbocycles. The number of hydrogen-bond donors (Lipinski definition) is 0. The summed E-state index contributed by atoms with van der Waals surface area (Å²) in [6.07, 6.45) is 2.48. The molecule has 0 bridgehead atoms. The van der Waals surface area contributed by atoms with Gasteiger partial charge in [0, 0.05) is 18.3 Å². The summed E-state index contributed by atoms with van der Waals surface area (Å²) >= 11 is 0. The normalized spacial score (nSPS) is 18.5. The van der Waals surface area contributed by atoms with Gasteiger partial charge in [-0.3, -0.25) is 9.58 Å². The van der Waals surface area contributed by atoms with Gasteiger partial charge in [-0.25, -0.2) is 0 Å². The fourth-order valence-electron chi connectivity index (χ4n) is 3.29. The van der Waals surface area contributed by atoms with Crippen LogP contribution in [0.4, 0.5) is 0 Å². The van der Waals surface area contributed by atoms with Crippen molar-refractivity contribution in [1.82, 2.24) is 14.7 Å². The molecule has 3 rings (SSSR count). The summed E-state index contributed by atoms with van der Waals surface area (Å²) in [5, 5.41) is 13.5. The third kappa shape index (κ3) is 3.20. The van der Waals surface area contributed by atoms with Gasteiger partial charge in [0.2, 0.25) is 0 Å². The van der Waals surface area contributed by atoms with Gasteiger partial charge in [-0.2, -0.15) is 10.4 Å². The van der Waals surface area contributed by atoms with Crippen molar-refractivity contribution in [2.24, 2.45) is 0 Å². The Balaban J connectivity index is 1.67.